The van der Waals surface area contributed by atoms with Gasteiger partial charge in [-0.25, -0.2) is 4.98 Å². The van der Waals surface area contributed by atoms with E-state index in [1.54, 1.807) is 0 Å². The van der Waals surface area contributed by atoms with Crippen LogP contribution < -0.4 is 10.1 Å². The van der Waals surface area contributed by atoms with Crippen LogP contribution in [-0.4, -0.2) is 60.5 Å². The smallest absolute Gasteiger partial charge is 0.230 e. The van der Waals surface area contributed by atoms with Crippen molar-refractivity contribution in [2.45, 2.75) is 19.9 Å². The van der Waals surface area contributed by atoms with Crippen LogP contribution in [-0.2, 0) is 17.8 Å². The number of nitrogens with one attached hydrogen (secondary N) is 1. The SMILES string of the molecule is CCOc1ccccc1-c1nc(CC(=O)Nc2ccc(CN3CCN(C)CC3)cc2)cs1. The molecule has 0 aliphatic carbocycles. The fourth-order valence-electron chi connectivity index (χ4n) is 3.76. The van der Waals surface area contributed by atoms with Gasteiger partial charge in [-0.3, -0.25) is 9.69 Å². The van der Waals surface area contributed by atoms with Crippen LogP contribution in [0.4, 0.5) is 5.69 Å². The molecule has 2 heterocycles. The number of para-hydroxylation sites is 1. The van der Waals surface area contributed by atoms with Crippen LogP contribution in [0.5, 0.6) is 5.75 Å². The molecule has 0 unspecified atom stereocenters. The number of nitrogens with zero attached hydrogens (tertiary/aromatic N) is 3. The van der Waals surface area contributed by atoms with Crippen molar-refractivity contribution in [1.29, 1.82) is 0 Å². The topological polar surface area (TPSA) is 57.7 Å². The highest BCUT2D eigenvalue weighted by Gasteiger charge is 2.15. The van der Waals surface area contributed by atoms with Gasteiger partial charge in [-0.2, -0.15) is 0 Å². The van der Waals surface area contributed by atoms with Crippen molar-refractivity contribution in [1.82, 2.24) is 14.8 Å². The Labute approximate surface area is 193 Å². The van der Waals surface area contributed by atoms with Gasteiger partial charge in [0.15, 0.2) is 0 Å². The minimum absolute atomic E-state index is 0.0632. The van der Waals surface area contributed by atoms with Crippen LogP contribution in [0.3, 0.4) is 0 Å². The molecule has 1 aromatic heterocycles. The fraction of sp³-hybridized carbons (Fsp3) is 0.360. The van der Waals surface area contributed by atoms with Crippen LogP contribution in [0.1, 0.15) is 18.2 Å². The third-order valence-corrected chi connectivity index (χ3v) is 6.47. The summed E-state index contributed by atoms with van der Waals surface area (Å²) in [5.41, 5.74) is 3.81. The zero-order valence-corrected chi connectivity index (χ0v) is 19.5. The summed E-state index contributed by atoms with van der Waals surface area (Å²) in [6.45, 7) is 7.94. The number of ether oxygens (including phenoxy) is 1. The fourth-order valence-corrected chi connectivity index (χ4v) is 4.61. The molecule has 0 saturated carbocycles. The van der Waals surface area contributed by atoms with Crippen LogP contribution in [0.25, 0.3) is 10.6 Å². The first-order valence-corrected chi connectivity index (χ1v) is 11.9. The number of aromatic nitrogens is 1. The van der Waals surface area contributed by atoms with Crippen molar-refractivity contribution in [2.24, 2.45) is 0 Å². The number of carbonyl (C=O) groups is 1. The average molecular weight is 451 g/mol. The average Bonchev–Trinajstić information content (AvgIpc) is 3.25. The van der Waals surface area contributed by atoms with E-state index in [0.717, 1.165) is 60.4 Å². The lowest BCUT2D eigenvalue weighted by Gasteiger charge is -2.32. The second kappa shape index (κ2) is 10.7. The van der Waals surface area contributed by atoms with Gasteiger partial charge in [0.2, 0.25) is 5.91 Å². The Kier molecular flexibility index (Phi) is 7.52. The highest BCUT2D eigenvalue weighted by atomic mass is 32.1. The van der Waals surface area contributed by atoms with E-state index in [2.05, 4.69) is 39.3 Å². The molecule has 2 aromatic carbocycles. The summed E-state index contributed by atoms with van der Waals surface area (Å²) in [5.74, 6) is 0.753. The van der Waals surface area contributed by atoms with Crippen molar-refractivity contribution in [3.63, 3.8) is 0 Å². The monoisotopic (exact) mass is 450 g/mol. The highest BCUT2D eigenvalue weighted by Crippen LogP contribution is 2.32. The molecular formula is C25H30N4O2S. The molecule has 1 saturated heterocycles. The lowest BCUT2D eigenvalue weighted by molar-refractivity contribution is -0.115. The minimum atomic E-state index is -0.0632. The van der Waals surface area contributed by atoms with Gasteiger partial charge < -0.3 is 15.0 Å². The molecular weight excluding hydrogens is 420 g/mol. The van der Waals surface area contributed by atoms with Crippen molar-refractivity contribution < 1.29 is 9.53 Å². The number of anilines is 1. The molecule has 6 nitrogen and oxygen atoms in total. The Morgan fingerprint density at radius 3 is 2.59 bits per heavy atom. The number of carbonyl (C=O) groups excluding carboxylic acids is 1. The number of amides is 1. The van der Waals surface area contributed by atoms with Gasteiger partial charge >= 0.3 is 0 Å². The normalized spacial score (nSPS) is 14.9. The van der Waals surface area contributed by atoms with Gasteiger partial charge in [-0.05, 0) is 43.8 Å². The quantitative estimate of drug-likeness (QED) is 0.559. The first kappa shape index (κ1) is 22.5. The summed E-state index contributed by atoms with van der Waals surface area (Å²) < 4.78 is 5.71. The van der Waals surface area contributed by atoms with Gasteiger partial charge in [0.1, 0.15) is 10.8 Å². The van der Waals surface area contributed by atoms with Crippen molar-refractivity contribution >= 4 is 22.9 Å². The van der Waals surface area contributed by atoms with Gasteiger partial charge in [-0.1, -0.05) is 24.3 Å². The summed E-state index contributed by atoms with van der Waals surface area (Å²) in [7, 11) is 2.17. The maximum atomic E-state index is 12.5. The first-order valence-electron chi connectivity index (χ1n) is 11.1. The largest absolute Gasteiger partial charge is 0.493 e. The molecule has 32 heavy (non-hydrogen) atoms. The molecule has 3 aromatic rings. The van der Waals surface area contributed by atoms with Crippen molar-refractivity contribution in [2.75, 3.05) is 45.2 Å². The summed E-state index contributed by atoms with van der Waals surface area (Å²) in [6.07, 6.45) is 0.246. The molecule has 168 valence electrons. The second-order valence-corrected chi connectivity index (χ2v) is 8.93. The molecule has 0 atom stereocenters. The zero-order valence-electron chi connectivity index (χ0n) is 18.7. The molecule has 0 radical (unpaired) electrons. The van der Waals surface area contributed by atoms with E-state index in [1.807, 2.05) is 48.7 Å². The summed E-state index contributed by atoms with van der Waals surface area (Å²) in [6, 6.07) is 16.0. The van der Waals surface area contributed by atoms with Gasteiger partial charge in [0.05, 0.1) is 24.3 Å². The van der Waals surface area contributed by atoms with E-state index in [9.17, 15) is 4.79 Å². The van der Waals surface area contributed by atoms with E-state index >= 15 is 0 Å². The Morgan fingerprint density at radius 1 is 1.09 bits per heavy atom. The maximum Gasteiger partial charge on any atom is 0.230 e. The third-order valence-electron chi connectivity index (χ3n) is 5.55. The number of hydrogen-bond acceptors (Lipinski definition) is 6. The predicted octanol–water partition coefficient (Wildman–Crippen LogP) is 4.14. The number of benzene rings is 2. The summed E-state index contributed by atoms with van der Waals surface area (Å²) in [5, 5.41) is 5.80. The molecule has 4 rings (SSSR count). The zero-order chi connectivity index (χ0) is 22.3. The molecule has 0 spiro atoms. The lowest BCUT2D eigenvalue weighted by Crippen LogP contribution is -2.43. The number of rotatable bonds is 8. The molecule has 0 bridgehead atoms. The Hall–Kier alpha value is -2.74. The molecule has 1 N–H and O–H groups in total. The van der Waals surface area contributed by atoms with E-state index < -0.39 is 0 Å². The molecule has 1 amide bonds. The van der Waals surface area contributed by atoms with E-state index in [-0.39, 0.29) is 12.3 Å². The van der Waals surface area contributed by atoms with E-state index in [1.165, 1.54) is 16.9 Å². The minimum Gasteiger partial charge on any atom is -0.493 e. The number of hydrogen-bond donors (Lipinski definition) is 1. The second-order valence-electron chi connectivity index (χ2n) is 8.07. The number of piperazine rings is 1. The maximum absolute atomic E-state index is 12.5. The molecule has 1 fully saturated rings. The Morgan fingerprint density at radius 2 is 1.84 bits per heavy atom. The third kappa shape index (κ3) is 5.94. The van der Waals surface area contributed by atoms with E-state index in [0.29, 0.717) is 6.61 Å². The van der Waals surface area contributed by atoms with E-state index in [4.69, 9.17) is 4.74 Å². The number of thiazole rings is 1. The van der Waals surface area contributed by atoms with Crippen LogP contribution in [0, 0.1) is 0 Å². The summed E-state index contributed by atoms with van der Waals surface area (Å²) >= 11 is 1.53. The van der Waals surface area contributed by atoms with Gasteiger partial charge in [0.25, 0.3) is 0 Å². The summed E-state index contributed by atoms with van der Waals surface area (Å²) in [4.78, 5) is 22.0. The van der Waals surface area contributed by atoms with Crippen LogP contribution >= 0.6 is 11.3 Å². The molecule has 1 aliphatic heterocycles. The van der Waals surface area contributed by atoms with Crippen molar-refractivity contribution in [3.05, 3.63) is 65.2 Å². The van der Waals surface area contributed by atoms with Crippen molar-refractivity contribution in [3.8, 4) is 16.3 Å². The standard InChI is InChI=1S/C25H30N4O2S/c1-3-31-23-7-5-4-6-22(23)25-27-21(18-32-25)16-24(30)26-20-10-8-19(9-11-20)17-29-14-12-28(2)13-15-29/h4-11,18H,3,12-17H2,1-2H3,(H,26,30). The van der Waals surface area contributed by atoms with Crippen LogP contribution in [0.15, 0.2) is 53.9 Å². The van der Waals surface area contributed by atoms with Gasteiger partial charge in [0, 0.05) is 43.8 Å². The van der Waals surface area contributed by atoms with Gasteiger partial charge in [-0.15, -0.1) is 11.3 Å². The Bertz CT molecular complexity index is 1030. The van der Waals surface area contributed by atoms with Crippen LogP contribution in [0.2, 0.25) is 0 Å². The predicted molar refractivity (Wildman–Crippen MR) is 130 cm³/mol. The first-order chi connectivity index (χ1) is 15.6. The number of likely N-dealkylation sites (N-methyl/N-ethyl adjacent to an activating group) is 1. The molecule has 7 heteroatoms. The lowest BCUT2D eigenvalue weighted by atomic mass is 10.1. The highest BCUT2D eigenvalue weighted by molar-refractivity contribution is 7.13. The Balaban J connectivity index is 1.31. The molecule has 1 aliphatic rings.